The number of benzene rings is 1. The summed E-state index contributed by atoms with van der Waals surface area (Å²) in [6.07, 6.45) is 3.87. The minimum absolute atomic E-state index is 0.160. The van der Waals surface area contributed by atoms with E-state index in [1.54, 1.807) is 7.11 Å². The van der Waals surface area contributed by atoms with E-state index in [0.29, 0.717) is 15.8 Å². The zero-order chi connectivity index (χ0) is 15.6. The zero-order valence-corrected chi connectivity index (χ0v) is 14.9. The van der Waals surface area contributed by atoms with Gasteiger partial charge in [-0.2, -0.15) is 0 Å². The summed E-state index contributed by atoms with van der Waals surface area (Å²) < 4.78 is 5.89. The maximum Gasteiger partial charge on any atom is 0.172 e. The first-order valence-electron chi connectivity index (χ1n) is 7.29. The Balaban J connectivity index is 2.06. The molecule has 1 aromatic carbocycles. The number of likely N-dealkylation sites (N-methyl/N-ethyl adjacent to an activating group) is 2. The van der Waals surface area contributed by atoms with Gasteiger partial charge in [-0.05, 0) is 74.0 Å². The molecule has 0 unspecified atom stereocenters. The van der Waals surface area contributed by atoms with E-state index < -0.39 is 0 Å². The van der Waals surface area contributed by atoms with Crippen LogP contribution in [0.15, 0.2) is 16.6 Å². The van der Waals surface area contributed by atoms with Crippen molar-refractivity contribution in [2.75, 3.05) is 34.8 Å². The van der Waals surface area contributed by atoms with Gasteiger partial charge in [-0.15, -0.1) is 0 Å². The molecule has 1 N–H and O–H groups in total. The summed E-state index contributed by atoms with van der Waals surface area (Å²) in [5.41, 5.74) is 1.46. The lowest BCUT2D eigenvalue weighted by molar-refractivity contribution is 0.0259. The van der Waals surface area contributed by atoms with Crippen LogP contribution in [0.4, 0.5) is 0 Å². The van der Waals surface area contributed by atoms with Gasteiger partial charge in [0, 0.05) is 18.6 Å². The van der Waals surface area contributed by atoms with Gasteiger partial charge in [0.05, 0.1) is 11.6 Å². The molecule has 1 saturated carbocycles. The highest BCUT2D eigenvalue weighted by molar-refractivity contribution is 9.10. The van der Waals surface area contributed by atoms with Crippen LogP contribution in [-0.4, -0.2) is 55.2 Å². The van der Waals surface area contributed by atoms with Crippen molar-refractivity contribution in [3.8, 4) is 11.5 Å². The lowest BCUT2D eigenvalue weighted by Crippen LogP contribution is -2.56. The molecule has 0 aliphatic heterocycles. The topological polar surface area (TPSA) is 35.9 Å². The predicted molar refractivity (Wildman–Crippen MR) is 89.0 cm³/mol. The van der Waals surface area contributed by atoms with Crippen LogP contribution in [-0.2, 0) is 6.54 Å². The third-order valence-corrected chi connectivity index (χ3v) is 5.16. The zero-order valence-electron chi connectivity index (χ0n) is 13.3. The van der Waals surface area contributed by atoms with Gasteiger partial charge in [0.2, 0.25) is 0 Å². The molecule has 118 valence electrons. The van der Waals surface area contributed by atoms with Gasteiger partial charge in [-0.1, -0.05) is 0 Å². The smallest absolute Gasteiger partial charge is 0.172 e. The quantitative estimate of drug-likeness (QED) is 0.849. The molecule has 4 nitrogen and oxygen atoms in total. The molecular weight excluding hydrogens is 332 g/mol. The molecule has 0 heterocycles. The lowest BCUT2D eigenvalue weighted by Gasteiger charge is -2.49. The summed E-state index contributed by atoms with van der Waals surface area (Å²) >= 11 is 3.38. The maximum absolute atomic E-state index is 9.87. The number of methoxy groups -OCH3 is 1. The van der Waals surface area contributed by atoms with Crippen molar-refractivity contribution in [1.82, 2.24) is 9.80 Å². The van der Waals surface area contributed by atoms with Gasteiger partial charge >= 0.3 is 0 Å². The summed E-state index contributed by atoms with van der Waals surface area (Å²) in [4.78, 5) is 4.71. The van der Waals surface area contributed by atoms with E-state index in [-0.39, 0.29) is 5.75 Å². The largest absolute Gasteiger partial charge is 0.503 e. The minimum Gasteiger partial charge on any atom is -0.503 e. The Kier molecular flexibility index (Phi) is 5.17. The van der Waals surface area contributed by atoms with E-state index in [9.17, 15) is 5.11 Å². The molecule has 0 aromatic heterocycles. The molecule has 5 heteroatoms. The van der Waals surface area contributed by atoms with Crippen LogP contribution >= 0.6 is 15.9 Å². The standard InChI is InChI=1S/C16H25BrN2O2/c1-18(2)16(6-5-7-16)11-19(3)10-12-8-13(17)15(20)14(9-12)21-4/h8-9,20H,5-7,10-11H2,1-4H3. The Bertz CT molecular complexity index is 501. The van der Waals surface area contributed by atoms with Gasteiger partial charge in [0.15, 0.2) is 11.5 Å². The number of rotatable bonds is 6. The van der Waals surface area contributed by atoms with Crippen molar-refractivity contribution in [2.24, 2.45) is 0 Å². The molecule has 0 amide bonds. The van der Waals surface area contributed by atoms with Crippen molar-refractivity contribution in [3.05, 3.63) is 22.2 Å². The summed E-state index contributed by atoms with van der Waals surface area (Å²) in [6, 6.07) is 3.86. The van der Waals surface area contributed by atoms with Crippen molar-refractivity contribution in [1.29, 1.82) is 0 Å². The molecule has 2 rings (SSSR count). The van der Waals surface area contributed by atoms with Gasteiger partial charge in [0.1, 0.15) is 0 Å². The second kappa shape index (κ2) is 6.55. The molecule has 1 aromatic rings. The van der Waals surface area contributed by atoms with Gasteiger partial charge in [0.25, 0.3) is 0 Å². The highest BCUT2D eigenvalue weighted by atomic mass is 79.9. The number of aromatic hydroxyl groups is 1. The van der Waals surface area contributed by atoms with Crippen molar-refractivity contribution < 1.29 is 9.84 Å². The average molecular weight is 357 g/mol. The third kappa shape index (κ3) is 3.52. The number of hydrogen-bond donors (Lipinski definition) is 1. The van der Waals surface area contributed by atoms with Crippen molar-refractivity contribution in [2.45, 2.75) is 31.3 Å². The van der Waals surface area contributed by atoms with Crippen LogP contribution in [0.5, 0.6) is 11.5 Å². The van der Waals surface area contributed by atoms with Crippen LogP contribution in [0.25, 0.3) is 0 Å². The number of ether oxygens (including phenoxy) is 1. The Morgan fingerprint density at radius 2 is 1.95 bits per heavy atom. The van der Waals surface area contributed by atoms with E-state index in [4.69, 9.17) is 4.74 Å². The Labute approximate surface area is 135 Å². The number of halogens is 1. The van der Waals surface area contributed by atoms with Crippen LogP contribution in [0.3, 0.4) is 0 Å². The second-order valence-corrected chi connectivity index (χ2v) is 7.13. The molecule has 0 radical (unpaired) electrons. The maximum atomic E-state index is 9.87. The van der Waals surface area contributed by atoms with E-state index >= 15 is 0 Å². The third-order valence-electron chi connectivity index (χ3n) is 4.56. The molecule has 0 atom stereocenters. The lowest BCUT2D eigenvalue weighted by atomic mass is 9.75. The molecule has 1 aliphatic rings. The Morgan fingerprint density at radius 1 is 1.29 bits per heavy atom. The first-order valence-corrected chi connectivity index (χ1v) is 8.08. The molecule has 0 bridgehead atoms. The minimum atomic E-state index is 0.160. The summed E-state index contributed by atoms with van der Waals surface area (Å²) in [6.45, 7) is 1.89. The molecule has 0 saturated heterocycles. The summed E-state index contributed by atoms with van der Waals surface area (Å²) in [5.74, 6) is 0.673. The monoisotopic (exact) mass is 356 g/mol. The summed E-state index contributed by atoms with van der Waals surface area (Å²) in [7, 11) is 8.07. The molecule has 1 fully saturated rings. The number of nitrogens with zero attached hydrogens (tertiary/aromatic N) is 2. The molecular formula is C16H25BrN2O2. The fourth-order valence-corrected chi connectivity index (χ4v) is 3.57. The van der Waals surface area contributed by atoms with Crippen molar-refractivity contribution in [3.63, 3.8) is 0 Å². The highest BCUT2D eigenvalue weighted by Gasteiger charge is 2.39. The predicted octanol–water partition coefficient (Wildman–Crippen LogP) is 3.08. The van der Waals surface area contributed by atoms with Crippen molar-refractivity contribution >= 4 is 15.9 Å². The number of hydrogen-bond acceptors (Lipinski definition) is 4. The van der Waals surface area contributed by atoms with E-state index in [0.717, 1.165) is 18.7 Å². The normalized spacial score (nSPS) is 17.1. The van der Waals surface area contributed by atoms with Crippen LogP contribution in [0.2, 0.25) is 0 Å². The number of phenols is 1. The second-order valence-electron chi connectivity index (χ2n) is 6.27. The Morgan fingerprint density at radius 3 is 2.43 bits per heavy atom. The average Bonchev–Trinajstić information content (AvgIpc) is 2.37. The van der Waals surface area contributed by atoms with Gasteiger partial charge < -0.3 is 19.6 Å². The first kappa shape index (κ1) is 16.6. The summed E-state index contributed by atoms with van der Waals surface area (Å²) in [5, 5.41) is 9.87. The Hall–Kier alpha value is -0.780. The molecule has 21 heavy (non-hydrogen) atoms. The fourth-order valence-electron chi connectivity index (χ4n) is 3.08. The fraction of sp³-hybridized carbons (Fsp3) is 0.625. The van der Waals surface area contributed by atoms with Crippen LogP contribution in [0, 0.1) is 0 Å². The number of phenolic OH excluding ortho intramolecular Hbond substituents is 1. The SMILES string of the molecule is COc1cc(CN(C)CC2(N(C)C)CCC2)cc(Br)c1O. The van der Waals surface area contributed by atoms with Crippen LogP contribution in [0.1, 0.15) is 24.8 Å². The molecule has 1 aliphatic carbocycles. The van der Waals surface area contributed by atoms with E-state index in [2.05, 4.69) is 46.9 Å². The van der Waals surface area contributed by atoms with E-state index in [1.807, 2.05) is 12.1 Å². The molecule has 0 spiro atoms. The van der Waals surface area contributed by atoms with Gasteiger partial charge in [-0.25, -0.2) is 0 Å². The first-order chi connectivity index (χ1) is 9.88. The van der Waals surface area contributed by atoms with Crippen LogP contribution < -0.4 is 4.74 Å². The van der Waals surface area contributed by atoms with E-state index in [1.165, 1.54) is 19.3 Å². The van der Waals surface area contributed by atoms with Gasteiger partial charge in [-0.3, -0.25) is 0 Å². The highest BCUT2D eigenvalue weighted by Crippen LogP contribution is 2.38.